The SMILES string of the molecule is CCCC(CC)N1CCC(N)C(C)C1. The smallest absolute Gasteiger partial charge is 0.00926 e. The molecule has 14 heavy (non-hydrogen) atoms. The number of hydrogen-bond donors (Lipinski definition) is 1. The van der Waals surface area contributed by atoms with Gasteiger partial charge in [-0.15, -0.1) is 0 Å². The van der Waals surface area contributed by atoms with Crippen molar-refractivity contribution < 1.29 is 0 Å². The molecule has 3 unspecified atom stereocenters. The largest absolute Gasteiger partial charge is 0.327 e. The molecule has 0 bridgehead atoms. The molecule has 1 saturated heterocycles. The number of likely N-dealkylation sites (tertiary alicyclic amines) is 1. The van der Waals surface area contributed by atoms with Gasteiger partial charge >= 0.3 is 0 Å². The second-order valence-corrected chi connectivity index (χ2v) is 4.78. The maximum atomic E-state index is 6.03. The van der Waals surface area contributed by atoms with Gasteiger partial charge in [-0.05, 0) is 31.7 Å². The Morgan fingerprint density at radius 3 is 2.64 bits per heavy atom. The minimum atomic E-state index is 0.436. The molecule has 1 heterocycles. The molecule has 0 aromatic carbocycles. The molecule has 0 saturated carbocycles. The van der Waals surface area contributed by atoms with Gasteiger partial charge in [0.25, 0.3) is 0 Å². The average Bonchev–Trinajstić information content (AvgIpc) is 2.19. The molecule has 2 heteroatoms. The number of hydrogen-bond acceptors (Lipinski definition) is 2. The van der Waals surface area contributed by atoms with E-state index in [0.717, 1.165) is 6.04 Å². The molecule has 2 N–H and O–H groups in total. The van der Waals surface area contributed by atoms with E-state index in [1.54, 1.807) is 0 Å². The molecule has 0 aliphatic carbocycles. The summed E-state index contributed by atoms with van der Waals surface area (Å²) in [7, 11) is 0. The predicted octanol–water partition coefficient (Wildman–Crippen LogP) is 2.23. The lowest BCUT2D eigenvalue weighted by atomic mass is 9.92. The number of nitrogens with zero attached hydrogens (tertiary/aromatic N) is 1. The van der Waals surface area contributed by atoms with Crippen molar-refractivity contribution in [2.75, 3.05) is 13.1 Å². The van der Waals surface area contributed by atoms with Crippen LogP contribution in [-0.2, 0) is 0 Å². The summed E-state index contributed by atoms with van der Waals surface area (Å²) in [6, 6.07) is 1.24. The van der Waals surface area contributed by atoms with E-state index in [4.69, 9.17) is 5.73 Å². The Balaban J connectivity index is 2.43. The predicted molar refractivity (Wildman–Crippen MR) is 62.3 cm³/mol. The second kappa shape index (κ2) is 5.72. The van der Waals surface area contributed by atoms with Crippen LogP contribution in [0, 0.1) is 5.92 Å². The van der Waals surface area contributed by atoms with Crippen molar-refractivity contribution in [2.45, 2.75) is 58.5 Å². The maximum Gasteiger partial charge on any atom is 0.00926 e. The monoisotopic (exact) mass is 198 g/mol. The van der Waals surface area contributed by atoms with Crippen LogP contribution in [0.2, 0.25) is 0 Å². The minimum absolute atomic E-state index is 0.436. The van der Waals surface area contributed by atoms with Gasteiger partial charge < -0.3 is 10.6 Å². The first-order chi connectivity index (χ1) is 6.69. The Bertz CT molecular complexity index is 158. The lowest BCUT2D eigenvalue weighted by Crippen LogP contribution is -2.49. The van der Waals surface area contributed by atoms with Crippen LogP contribution in [0.1, 0.15) is 46.5 Å². The summed E-state index contributed by atoms with van der Waals surface area (Å²) in [5.74, 6) is 0.676. The molecular weight excluding hydrogens is 172 g/mol. The normalized spacial score (nSPS) is 31.7. The van der Waals surface area contributed by atoms with E-state index in [2.05, 4.69) is 25.7 Å². The van der Waals surface area contributed by atoms with Gasteiger partial charge in [-0.1, -0.05) is 27.2 Å². The van der Waals surface area contributed by atoms with E-state index in [0.29, 0.717) is 12.0 Å². The standard InChI is InChI=1S/C12H26N2/c1-4-6-11(5-2)14-8-7-12(13)10(3)9-14/h10-12H,4-9,13H2,1-3H3. The van der Waals surface area contributed by atoms with E-state index in [-0.39, 0.29) is 0 Å². The number of rotatable bonds is 4. The molecule has 0 radical (unpaired) electrons. The molecule has 0 spiro atoms. The highest BCUT2D eigenvalue weighted by Gasteiger charge is 2.26. The third kappa shape index (κ3) is 2.96. The Morgan fingerprint density at radius 2 is 2.14 bits per heavy atom. The number of nitrogens with two attached hydrogens (primary N) is 1. The lowest BCUT2D eigenvalue weighted by Gasteiger charge is -2.39. The Hall–Kier alpha value is -0.0800. The summed E-state index contributed by atoms with van der Waals surface area (Å²) in [5.41, 5.74) is 6.03. The van der Waals surface area contributed by atoms with Crippen LogP contribution in [0.25, 0.3) is 0 Å². The Morgan fingerprint density at radius 1 is 1.43 bits per heavy atom. The third-order valence-corrected chi connectivity index (χ3v) is 3.61. The van der Waals surface area contributed by atoms with Crippen molar-refractivity contribution in [1.29, 1.82) is 0 Å². The van der Waals surface area contributed by atoms with Gasteiger partial charge in [0.2, 0.25) is 0 Å². The van der Waals surface area contributed by atoms with Gasteiger partial charge in [-0.3, -0.25) is 0 Å². The quantitative estimate of drug-likeness (QED) is 0.750. The summed E-state index contributed by atoms with van der Waals surface area (Å²) < 4.78 is 0. The van der Waals surface area contributed by atoms with Crippen molar-refractivity contribution in [3.63, 3.8) is 0 Å². The zero-order valence-electron chi connectivity index (χ0n) is 10.00. The van der Waals surface area contributed by atoms with E-state index >= 15 is 0 Å². The van der Waals surface area contributed by atoms with Crippen molar-refractivity contribution in [3.05, 3.63) is 0 Å². The molecule has 0 aromatic heterocycles. The molecule has 84 valence electrons. The van der Waals surface area contributed by atoms with Gasteiger partial charge in [0.1, 0.15) is 0 Å². The fourth-order valence-electron chi connectivity index (χ4n) is 2.51. The molecule has 0 amide bonds. The molecule has 3 atom stereocenters. The Labute approximate surface area is 88.8 Å². The molecule has 1 aliphatic rings. The highest BCUT2D eigenvalue weighted by molar-refractivity contribution is 4.83. The van der Waals surface area contributed by atoms with Crippen LogP contribution in [0.4, 0.5) is 0 Å². The van der Waals surface area contributed by atoms with Gasteiger partial charge in [0.15, 0.2) is 0 Å². The minimum Gasteiger partial charge on any atom is -0.327 e. The van der Waals surface area contributed by atoms with Crippen molar-refractivity contribution in [3.8, 4) is 0 Å². The van der Waals surface area contributed by atoms with Crippen LogP contribution < -0.4 is 5.73 Å². The number of piperidine rings is 1. The van der Waals surface area contributed by atoms with Gasteiger partial charge in [0.05, 0.1) is 0 Å². The summed E-state index contributed by atoms with van der Waals surface area (Å²) >= 11 is 0. The van der Waals surface area contributed by atoms with Crippen molar-refractivity contribution in [2.24, 2.45) is 11.7 Å². The first kappa shape index (κ1) is 12.0. The molecule has 1 aliphatic heterocycles. The summed E-state index contributed by atoms with van der Waals surface area (Å²) in [5, 5.41) is 0. The van der Waals surface area contributed by atoms with E-state index in [9.17, 15) is 0 Å². The average molecular weight is 198 g/mol. The third-order valence-electron chi connectivity index (χ3n) is 3.61. The fraction of sp³-hybridized carbons (Fsp3) is 1.00. The van der Waals surface area contributed by atoms with E-state index in [1.165, 1.54) is 38.8 Å². The topological polar surface area (TPSA) is 29.3 Å². The first-order valence-electron chi connectivity index (χ1n) is 6.18. The van der Waals surface area contributed by atoms with E-state index in [1.807, 2.05) is 0 Å². The second-order valence-electron chi connectivity index (χ2n) is 4.78. The highest BCUT2D eigenvalue weighted by Crippen LogP contribution is 2.20. The Kier molecular flexibility index (Phi) is 4.90. The van der Waals surface area contributed by atoms with Crippen LogP contribution in [0.3, 0.4) is 0 Å². The lowest BCUT2D eigenvalue weighted by molar-refractivity contribution is 0.107. The molecule has 1 fully saturated rings. The van der Waals surface area contributed by atoms with Crippen LogP contribution in [-0.4, -0.2) is 30.1 Å². The van der Waals surface area contributed by atoms with E-state index < -0.39 is 0 Å². The van der Waals surface area contributed by atoms with Gasteiger partial charge in [-0.25, -0.2) is 0 Å². The summed E-state index contributed by atoms with van der Waals surface area (Å²) in [6.45, 7) is 9.29. The highest BCUT2D eigenvalue weighted by atomic mass is 15.2. The maximum absolute atomic E-state index is 6.03. The molecule has 0 aromatic rings. The molecular formula is C12H26N2. The van der Waals surface area contributed by atoms with Crippen LogP contribution >= 0.6 is 0 Å². The zero-order chi connectivity index (χ0) is 10.6. The summed E-state index contributed by atoms with van der Waals surface area (Å²) in [6.07, 6.45) is 5.12. The van der Waals surface area contributed by atoms with Crippen molar-refractivity contribution >= 4 is 0 Å². The molecule has 1 rings (SSSR count). The fourth-order valence-corrected chi connectivity index (χ4v) is 2.51. The first-order valence-corrected chi connectivity index (χ1v) is 6.18. The summed E-state index contributed by atoms with van der Waals surface area (Å²) in [4.78, 5) is 2.65. The van der Waals surface area contributed by atoms with Gasteiger partial charge in [-0.2, -0.15) is 0 Å². The van der Waals surface area contributed by atoms with Crippen LogP contribution in [0.15, 0.2) is 0 Å². The van der Waals surface area contributed by atoms with Crippen molar-refractivity contribution in [1.82, 2.24) is 4.90 Å². The zero-order valence-corrected chi connectivity index (χ0v) is 10.00. The van der Waals surface area contributed by atoms with Crippen LogP contribution in [0.5, 0.6) is 0 Å². The van der Waals surface area contributed by atoms with Gasteiger partial charge in [0, 0.05) is 18.6 Å². The molecule has 2 nitrogen and oxygen atoms in total.